The van der Waals surface area contributed by atoms with Gasteiger partial charge in [0.05, 0.1) is 11.5 Å². The quantitative estimate of drug-likeness (QED) is 0.861. The first-order valence-corrected chi connectivity index (χ1v) is 8.02. The summed E-state index contributed by atoms with van der Waals surface area (Å²) in [5, 5.41) is 12.0. The van der Waals surface area contributed by atoms with E-state index in [0.29, 0.717) is 6.54 Å². The first-order valence-electron chi connectivity index (χ1n) is 7.20. The third-order valence-corrected chi connectivity index (χ3v) is 4.85. The molecule has 2 rings (SSSR count). The van der Waals surface area contributed by atoms with Crippen LogP contribution in [0.2, 0.25) is 0 Å². The van der Waals surface area contributed by atoms with Crippen molar-refractivity contribution < 1.29 is 9.90 Å². The standard InChI is InChI=1S/C17H21NO2S/c1-3-15-12(2)10-16(21-15)17(20)18-9-8-13-4-6-14(11-19)7-5-13/h4-7,10,19H,3,8-9,11H2,1-2H3,(H,18,20). The number of aliphatic hydroxyl groups excluding tert-OH is 1. The Labute approximate surface area is 129 Å². The summed E-state index contributed by atoms with van der Waals surface area (Å²) in [4.78, 5) is 14.2. The molecule has 0 aliphatic heterocycles. The van der Waals surface area contributed by atoms with Crippen LogP contribution in [-0.4, -0.2) is 17.6 Å². The number of nitrogens with one attached hydrogen (secondary N) is 1. The Bertz CT molecular complexity index is 602. The number of amides is 1. The Kier molecular flexibility index (Phi) is 5.53. The van der Waals surface area contributed by atoms with Crippen molar-refractivity contribution in [1.82, 2.24) is 5.32 Å². The van der Waals surface area contributed by atoms with E-state index in [-0.39, 0.29) is 12.5 Å². The van der Waals surface area contributed by atoms with Gasteiger partial charge in [-0.15, -0.1) is 11.3 Å². The van der Waals surface area contributed by atoms with Gasteiger partial charge in [-0.2, -0.15) is 0 Å². The van der Waals surface area contributed by atoms with Crippen LogP contribution in [-0.2, 0) is 19.4 Å². The van der Waals surface area contributed by atoms with E-state index >= 15 is 0 Å². The van der Waals surface area contributed by atoms with Gasteiger partial charge in [0.15, 0.2) is 0 Å². The number of aliphatic hydroxyl groups is 1. The summed E-state index contributed by atoms with van der Waals surface area (Å²) in [6.07, 6.45) is 1.77. The van der Waals surface area contributed by atoms with Crippen LogP contribution in [0.1, 0.15) is 38.2 Å². The molecule has 0 aliphatic rings. The zero-order chi connectivity index (χ0) is 15.2. The second kappa shape index (κ2) is 7.38. The van der Waals surface area contributed by atoms with Crippen LogP contribution in [0.25, 0.3) is 0 Å². The Balaban J connectivity index is 1.85. The third kappa shape index (κ3) is 4.16. The summed E-state index contributed by atoms with van der Waals surface area (Å²) < 4.78 is 0. The van der Waals surface area contributed by atoms with E-state index in [0.717, 1.165) is 28.8 Å². The molecule has 1 heterocycles. The molecule has 0 saturated heterocycles. The molecule has 1 aromatic carbocycles. The van der Waals surface area contributed by atoms with Crippen LogP contribution in [0.15, 0.2) is 30.3 Å². The van der Waals surface area contributed by atoms with Crippen molar-refractivity contribution in [3.05, 3.63) is 56.8 Å². The maximum absolute atomic E-state index is 12.1. The van der Waals surface area contributed by atoms with Gasteiger partial charge in [-0.1, -0.05) is 31.2 Å². The third-order valence-electron chi connectivity index (χ3n) is 3.47. The predicted molar refractivity (Wildman–Crippen MR) is 86.8 cm³/mol. The van der Waals surface area contributed by atoms with Gasteiger partial charge in [0.25, 0.3) is 5.91 Å². The van der Waals surface area contributed by atoms with Crippen molar-refractivity contribution in [2.45, 2.75) is 33.3 Å². The first kappa shape index (κ1) is 15.7. The smallest absolute Gasteiger partial charge is 0.261 e. The molecule has 0 spiro atoms. The molecule has 1 amide bonds. The molecule has 0 fully saturated rings. The summed E-state index contributed by atoms with van der Waals surface area (Å²) in [5.74, 6) is 0.00905. The van der Waals surface area contributed by atoms with Crippen molar-refractivity contribution in [3.8, 4) is 0 Å². The first-order chi connectivity index (χ1) is 10.1. The van der Waals surface area contributed by atoms with Crippen LogP contribution in [0, 0.1) is 6.92 Å². The molecule has 1 aromatic heterocycles. The fourth-order valence-electron chi connectivity index (χ4n) is 2.20. The highest BCUT2D eigenvalue weighted by Gasteiger charge is 2.10. The fourth-order valence-corrected chi connectivity index (χ4v) is 3.23. The second-order valence-electron chi connectivity index (χ2n) is 5.05. The number of hydrogen-bond acceptors (Lipinski definition) is 3. The maximum Gasteiger partial charge on any atom is 0.261 e. The molecule has 3 nitrogen and oxygen atoms in total. The lowest BCUT2D eigenvalue weighted by Gasteiger charge is -2.04. The monoisotopic (exact) mass is 303 g/mol. The Morgan fingerprint density at radius 3 is 2.48 bits per heavy atom. The molecular weight excluding hydrogens is 282 g/mol. The lowest BCUT2D eigenvalue weighted by atomic mass is 10.1. The van der Waals surface area contributed by atoms with Gasteiger partial charge in [-0.3, -0.25) is 4.79 Å². The zero-order valence-electron chi connectivity index (χ0n) is 12.5. The Morgan fingerprint density at radius 1 is 1.24 bits per heavy atom. The van der Waals surface area contributed by atoms with Crippen molar-refractivity contribution >= 4 is 17.2 Å². The molecular formula is C17H21NO2S. The molecule has 0 saturated carbocycles. The van der Waals surface area contributed by atoms with Gasteiger partial charge >= 0.3 is 0 Å². The number of hydrogen-bond donors (Lipinski definition) is 2. The van der Waals surface area contributed by atoms with E-state index in [1.165, 1.54) is 10.4 Å². The van der Waals surface area contributed by atoms with E-state index in [9.17, 15) is 4.79 Å². The van der Waals surface area contributed by atoms with E-state index in [1.54, 1.807) is 11.3 Å². The van der Waals surface area contributed by atoms with Crippen molar-refractivity contribution in [2.24, 2.45) is 0 Å². The van der Waals surface area contributed by atoms with Gasteiger partial charge in [-0.25, -0.2) is 0 Å². The molecule has 21 heavy (non-hydrogen) atoms. The summed E-state index contributed by atoms with van der Waals surface area (Å²) in [7, 11) is 0. The maximum atomic E-state index is 12.1. The molecule has 0 radical (unpaired) electrons. The molecule has 2 N–H and O–H groups in total. The molecule has 4 heteroatoms. The average molecular weight is 303 g/mol. The van der Waals surface area contributed by atoms with Crippen LogP contribution < -0.4 is 5.32 Å². The zero-order valence-corrected chi connectivity index (χ0v) is 13.3. The Hall–Kier alpha value is -1.65. The number of carbonyl (C=O) groups is 1. The number of carbonyl (C=O) groups excluding carboxylic acids is 1. The van der Waals surface area contributed by atoms with Crippen molar-refractivity contribution in [2.75, 3.05) is 6.54 Å². The van der Waals surface area contributed by atoms with Crippen molar-refractivity contribution in [1.29, 1.82) is 0 Å². The molecule has 112 valence electrons. The largest absolute Gasteiger partial charge is 0.392 e. The SMILES string of the molecule is CCc1sc(C(=O)NCCc2ccc(CO)cc2)cc1C. The predicted octanol–water partition coefficient (Wildman–Crippen LogP) is 3.08. The van der Waals surface area contributed by atoms with Crippen LogP contribution in [0.5, 0.6) is 0 Å². The average Bonchev–Trinajstić information content (AvgIpc) is 2.89. The molecule has 0 unspecified atom stereocenters. The van der Waals surface area contributed by atoms with Crippen LogP contribution in [0.3, 0.4) is 0 Å². The van der Waals surface area contributed by atoms with E-state index < -0.39 is 0 Å². The highest BCUT2D eigenvalue weighted by atomic mass is 32.1. The fraction of sp³-hybridized carbons (Fsp3) is 0.353. The number of rotatable bonds is 6. The van der Waals surface area contributed by atoms with Crippen molar-refractivity contribution in [3.63, 3.8) is 0 Å². The summed E-state index contributed by atoms with van der Waals surface area (Å²) in [5.41, 5.74) is 3.26. The van der Waals surface area contributed by atoms with Gasteiger partial charge in [-0.05, 0) is 42.5 Å². The number of benzene rings is 1. The molecule has 0 atom stereocenters. The topological polar surface area (TPSA) is 49.3 Å². The van der Waals surface area contributed by atoms with Gasteiger partial charge < -0.3 is 10.4 Å². The number of thiophene rings is 1. The second-order valence-corrected chi connectivity index (χ2v) is 6.19. The van der Waals surface area contributed by atoms with Gasteiger partial charge in [0, 0.05) is 11.4 Å². The van der Waals surface area contributed by atoms with Crippen LogP contribution in [0.4, 0.5) is 0 Å². The minimum atomic E-state index is 0.00905. The van der Waals surface area contributed by atoms with E-state index in [4.69, 9.17) is 5.11 Å². The van der Waals surface area contributed by atoms with Gasteiger partial charge in [0.1, 0.15) is 0 Å². The lowest BCUT2D eigenvalue weighted by molar-refractivity contribution is 0.0958. The van der Waals surface area contributed by atoms with E-state index in [2.05, 4.69) is 19.2 Å². The summed E-state index contributed by atoms with van der Waals surface area (Å²) in [6, 6.07) is 9.76. The summed E-state index contributed by atoms with van der Waals surface area (Å²) in [6.45, 7) is 4.84. The normalized spacial score (nSPS) is 10.6. The Morgan fingerprint density at radius 2 is 1.90 bits per heavy atom. The summed E-state index contributed by atoms with van der Waals surface area (Å²) >= 11 is 1.58. The number of aryl methyl sites for hydroxylation is 2. The van der Waals surface area contributed by atoms with Crippen LogP contribution >= 0.6 is 11.3 Å². The highest BCUT2D eigenvalue weighted by Crippen LogP contribution is 2.22. The van der Waals surface area contributed by atoms with Gasteiger partial charge in [0.2, 0.25) is 0 Å². The minimum Gasteiger partial charge on any atom is -0.392 e. The molecule has 2 aromatic rings. The van der Waals surface area contributed by atoms with E-state index in [1.807, 2.05) is 30.3 Å². The minimum absolute atomic E-state index is 0.00905. The lowest BCUT2D eigenvalue weighted by Crippen LogP contribution is -2.24. The molecule has 0 aliphatic carbocycles. The molecule has 0 bridgehead atoms. The highest BCUT2D eigenvalue weighted by molar-refractivity contribution is 7.14.